The van der Waals surface area contributed by atoms with Crippen molar-refractivity contribution in [3.05, 3.63) is 47.7 Å². The van der Waals surface area contributed by atoms with Gasteiger partial charge in [0.25, 0.3) is 0 Å². The fourth-order valence-electron chi connectivity index (χ4n) is 2.62. The Morgan fingerprint density at radius 3 is 2.82 bits per heavy atom. The van der Waals surface area contributed by atoms with Gasteiger partial charge in [-0.15, -0.1) is 0 Å². The van der Waals surface area contributed by atoms with Crippen LogP contribution in [-0.4, -0.2) is 4.98 Å². The minimum absolute atomic E-state index is 0.581. The largest absolute Gasteiger partial charge is 0.252 e. The number of aryl methyl sites for hydroxylation is 1. The molecule has 1 aromatic carbocycles. The van der Waals surface area contributed by atoms with Gasteiger partial charge in [-0.1, -0.05) is 38.1 Å². The summed E-state index contributed by atoms with van der Waals surface area (Å²) in [6, 6.07) is 10.7. The van der Waals surface area contributed by atoms with Crippen LogP contribution in [0.2, 0.25) is 0 Å². The summed E-state index contributed by atoms with van der Waals surface area (Å²) in [6.07, 6.45) is 4.59. The monoisotopic (exact) mass is 223 g/mol. The van der Waals surface area contributed by atoms with E-state index in [1.54, 1.807) is 0 Å². The molecule has 0 amide bonds. The molecule has 0 saturated heterocycles. The molecule has 0 radical (unpaired) electrons. The molecule has 3 rings (SSSR count). The predicted octanol–water partition coefficient (Wildman–Crippen LogP) is 4.22. The lowest BCUT2D eigenvalue weighted by molar-refractivity contribution is 0.820. The molecule has 0 N–H and O–H groups in total. The molecule has 17 heavy (non-hydrogen) atoms. The summed E-state index contributed by atoms with van der Waals surface area (Å²) in [4.78, 5) is 4.81. The molecule has 1 heteroatoms. The third-order valence-corrected chi connectivity index (χ3v) is 3.48. The first kappa shape index (κ1) is 10.5. The van der Waals surface area contributed by atoms with Crippen molar-refractivity contribution >= 4 is 16.5 Å². The van der Waals surface area contributed by atoms with Gasteiger partial charge in [0.15, 0.2) is 0 Å². The number of para-hydroxylation sites is 1. The van der Waals surface area contributed by atoms with Crippen LogP contribution >= 0.6 is 0 Å². The highest BCUT2D eigenvalue weighted by atomic mass is 14.7. The molecule has 2 aromatic rings. The summed E-state index contributed by atoms with van der Waals surface area (Å²) in [6.45, 7) is 4.52. The maximum atomic E-state index is 4.81. The molecule has 0 atom stereocenters. The van der Waals surface area contributed by atoms with E-state index in [4.69, 9.17) is 4.98 Å². The lowest BCUT2D eigenvalue weighted by Crippen LogP contribution is -2.06. The van der Waals surface area contributed by atoms with E-state index >= 15 is 0 Å². The van der Waals surface area contributed by atoms with E-state index in [0.29, 0.717) is 5.92 Å². The van der Waals surface area contributed by atoms with Gasteiger partial charge in [0.1, 0.15) is 0 Å². The summed E-state index contributed by atoms with van der Waals surface area (Å²) >= 11 is 0. The van der Waals surface area contributed by atoms with Crippen molar-refractivity contribution in [1.29, 1.82) is 0 Å². The zero-order valence-corrected chi connectivity index (χ0v) is 10.4. The quantitative estimate of drug-likeness (QED) is 0.705. The van der Waals surface area contributed by atoms with Crippen molar-refractivity contribution in [2.75, 3.05) is 0 Å². The normalized spacial score (nSPS) is 14.9. The van der Waals surface area contributed by atoms with Crippen LogP contribution < -0.4 is 0 Å². The molecule has 1 aliphatic rings. The van der Waals surface area contributed by atoms with Crippen LogP contribution in [0.4, 0.5) is 0 Å². The van der Waals surface area contributed by atoms with E-state index in [2.05, 4.69) is 50.3 Å². The van der Waals surface area contributed by atoms with Gasteiger partial charge < -0.3 is 0 Å². The molecule has 0 fully saturated rings. The molecule has 0 saturated carbocycles. The zero-order valence-electron chi connectivity index (χ0n) is 10.4. The van der Waals surface area contributed by atoms with Gasteiger partial charge in [0.2, 0.25) is 0 Å². The van der Waals surface area contributed by atoms with Crippen LogP contribution in [-0.2, 0) is 6.42 Å². The number of hydrogen-bond acceptors (Lipinski definition) is 1. The third kappa shape index (κ3) is 1.76. The second kappa shape index (κ2) is 3.99. The highest BCUT2D eigenvalue weighted by Crippen LogP contribution is 2.32. The van der Waals surface area contributed by atoms with E-state index in [1.807, 2.05) is 0 Å². The van der Waals surface area contributed by atoms with E-state index in [9.17, 15) is 0 Å². The molecule has 1 aromatic heterocycles. The average Bonchev–Trinajstić information content (AvgIpc) is 2.35. The molecular weight excluding hydrogens is 206 g/mol. The Hall–Kier alpha value is -1.63. The molecule has 0 bridgehead atoms. The zero-order chi connectivity index (χ0) is 11.8. The van der Waals surface area contributed by atoms with E-state index in [1.165, 1.54) is 22.2 Å². The van der Waals surface area contributed by atoms with E-state index in [-0.39, 0.29) is 0 Å². The Morgan fingerprint density at radius 2 is 2.00 bits per heavy atom. The summed E-state index contributed by atoms with van der Waals surface area (Å²) in [7, 11) is 0. The molecule has 1 nitrogen and oxygen atoms in total. The van der Waals surface area contributed by atoms with Gasteiger partial charge in [0.05, 0.1) is 5.52 Å². The molecule has 0 unspecified atom stereocenters. The lowest BCUT2D eigenvalue weighted by atomic mass is 9.87. The summed E-state index contributed by atoms with van der Waals surface area (Å²) in [5.74, 6) is 0.581. The summed E-state index contributed by atoms with van der Waals surface area (Å²) < 4.78 is 0. The second-order valence-corrected chi connectivity index (χ2v) is 5.03. The van der Waals surface area contributed by atoms with Crippen molar-refractivity contribution < 1.29 is 0 Å². The number of aromatic nitrogens is 1. The van der Waals surface area contributed by atoms with Gasteiger partial charge >= 0.3 is 0 Å². The van der Waals surface area contributed by atoms with Gasteiger partial charge in [-0.3, -0.25) is 4.98 Å². The Bertz CT molecular complexity index is 593. The number of rotatable bonds is 1. The number of nitrogens with zero attached hydrogens (tertiary/aromatic N) is 1. The van der Waals surface area contributed by atoms with Crippen LogP contribution in [0.5, 0.6) is 0 Å². The molecule has 0 spiro atoms. The Morgan fingerprint density at radius 1 is 1.18 bits per heavy atom. The van der Waals surface area contributed by atoms with Crippen LogP contribution in [0.3, 0.4) is 0 Å². The van der Waals surface area contributed by atoms with Crippen molar-refractivity contribution in [3.63, 3.8) is 0 Å². The molecular formula is C16H17N. The summed E-state index contributed by atoms with van der Waals surface area (Å²) in [5, 5.41) is 1.25. The van der Waals surface area contributed by atoms with Crippen molar-refractivity contribution in [3.8, 4) is 0 Å². The van der Waals surface area contributed by atoms with Crippen LogP contribution in [0, 0.1) is 5.92 Å². The SMILES string of the molecule is CC(C)C1=CCCc2nc3ccccc3cc21. The van der Waals surface area contributed by atoms with Gasteiger partial charge in [0, 0.05) is 11.1 Å². The first-order valence-corrected chi connectivity index (χ1v) is 6.35. The third-order valence-electron chi connectivity index (χ3n) is 3.48. The molecule has 86 valence electrons. The van der Waals surface area contributed by atoms with Crippen molar-refractivity contribution in [2.45, 2.75) is 26.7 Å². The predicted molar refractivity (Wildman–Crippen MR) is 72.9 cm³/mol. The average molecular weight is 223 g/mol. The first-order valence-electron chi connectivity index (χ1n) is 6.35. The summed E-state index contributed by atoms with van der Waals surface area (Å²) in [5.41, 5.74) is 5.22. The van der Waals surface area contributed by atoms with Crippen molar-refractivity contribution in [2.24, 2.45) is 5.92 Å². The second-order valence-electron chi connectivity index (χ2n) is 5.03. The number of fused-ring (bicyclic) bond motifs is 2. The number of allylic oxidation sites excluding steroid dienone is 2. The Labute approximate surface area is 102 Å². The first-order chi connectivity index (χ1) is 8.25. The molecule has 1 aliphatic carbocycles. The molecule has 1 heterocycles. The van der Waals surface area contributed by atoms with Crippen LogP contribution in [0.1, 0.15) is 31.5 Å². The number of pyridine rings is 1. The van der Waals surface area contributed by atoms with Gasteiger partial charge in [-0.05, 0) is 42.0 Å². The van der Waals surface area contributed by atoms with Crippen LogP contribution in [0.15, 0.2) is 36.4 Å². The number of hydrogen-bond donors (Lipinski definition) is 0. The fraction of sp³-hybridized carbons (Fsp3) is 0.312. The lowest BCUT2D eigenvalue weighted by Gasteiger charge is -2.20. The fourth-order valence-corrected chi connectivity index (χ4v) is 2.62. The van der Waals surface area contributed by atoms with Crippen molar-refractivity contribution in [1.82, 2.24) is 4.98 Å². The maximum Gasteiger partial charge on any atom is 0.0705 e. The molecule has 0 aliphatic heterocycles. The Balaban J connectivity index is 2.25. The highest BCUT2D eigenvalue weighted by Gasteiger charge is 2.16. The topological polar surface area (TPSA) is 12.9 Å². The van der Waals surface area contributed by atoms with E-state index < -0.39 is 0 Å². The maximum absolute atomic E-state index is 4.81. The highest BCUT2D eigenvalue weighted by molar-refractivity contribution is 5.84. The van der Waals surface area contributed by atoms with Gasteiger partial charge in [-0.25, -0.2) is 0 Å². The number of benzene rings is 1. The smallest absolute Gasteiger partial charge is 0.0705 e. The minimum atomic E-state index is 0.581. The Kier molecular flexibility index (Phi) is 2.47. The van der Waals surface area contributed by atoms with E-state index in [0.717, 1.165) is 18.4 Å². The minimum Gasteiger partial charge on any atom is -0.252 e. The van der Waals surface area contributed by atoms with Gasteiger partial charge in [-0.2, -0.15) is 0 Å². The standard InChI is InChI=1S/C16H17N/c1-11(2)13-7-5-9-16-14(13)10-12-6-3-4-8-15(12)17-16/h3-4,6-8,10-11H,5,9H2,1-2H3. The van der Waals surface area contributed by atoms with Crippen LogP contribution in [0.25, 0.3) is 16.5 Å².